The molecule has 0 bridgehead atoms. The zero-order valence-electron chi connectivity index (χ0n) is 10.4. The van der Waals surface area contributed by atoms with Crippen molar-refractivity contribution in [2.24, 2.45) is 0 Å². The van der Waals surface area contributed by atoms with E-state index in [1.165, 1.54) is 11.6 Å². The van der Waals surface area contributed by atoms with Crippen LogP contribution in [0.5, 0.6) is 0 Å². The maximum Gasteiger partial charge on any atom is 0.222 e. The van der Waals surface area contributed by atoms with E-state index in [0.29, 0.717) is 5.76 Å². The molecule has 1 N–H and O–H groups in total. The molecule has 0 radical (unpaired) electrons. The third-order valence-electron chi connectivity index (χ3n) is 2.49. The topological polar surface area (TPSA) is 42.2 Å². The molecule has 0 atom stereocenters. The highest BCUT2D eigenvalue weighted by Gasteiger charge is 2.05. The van der Waals surface area contributed by atoms with E-state index >= 15 is 0 Å². The van der Waals surface area contributed by atoms with Gasteiger partial charge in [0.2, 0.25) is 5.78 Å². The number of ketones is 1. The van der Waals surface area contributed by atoms with Crippen molar-refractivity contribution in [2.45, 2.75) is 13.8 Å². The zero-order valence-corrected chi connectivity index (χ0v) is 10.4. The predicted molar refractivity (Wildman–Crippen MR) is 71.7 cm³/mol. The molecule has 0 amide bonds. The van der Waals surface area contributed by atoms with Crippen LogP contribution >= 0.6 is 0 Å². The van der Waals surface area contributed by atoms with Crippen LogP contribution in [-0.4, -0.2) is 5.78 Å². The lowest BCUT2D eigenvalue weighted by Gasteiger charge is -2.00. The highest BCUT2D eigenvalue weighted by atomic mass is 16.3. The number of carbonyl (C=O) groups is 1. The van der Waals surface area contributed by atoms with Gasteiger partial charge in [-0.05, 0) is 43.7 Å². The lowest BCUT2D eigenvalue weighted by molar-refractivity contribution is 0.102. The first-order valence-electron chi connectivity index (χ1n) is 5.76. The van der Waals surface area contributed by atoms with Crippen molar-refractivity contribution in [3.05, 3.63) is 65.8 Å². The summed E-state index contributed by atoms with van der Waals surface area (Å²) in [5.41, 5.74) is 2.12. The van der Waals surface area contributed by atoms with Gasteiger partial charge in [-0.2, -0.15) is 0 Å². The summed E-state index contributed by atoms with van der Waals surface area (Å²) in [7, 11) is 0. The summed E-state index contributed by atoms with van der Waals surface area (Å²) in [6, 6.07) is 11.4. The van der Waals surface area contributed by atoms with Crippen LogP contribution in [0.4, 0.5) is 5.69 Å². The molecule has 0 saturated heterocycles. The maximum atomic E-state index is 11.7. The third-order valence-corrected chi connectivity index (χ3v) is 2.49. The monoisotopic (exact) mass is 241 g/mol. The number of rotatable bonds is 4. The van der Waals surface area contributed by atoms with Crippen LogP contribution in [0.15, 0.2) is 53.1 Å². The molecule has 92 valence electrons. The Balaban J connectivity index is 1.98. The number of furan rings is 1. The van der Waals surface area contributed by atoms with Gasteiger partial charge in [0.1, 0.15) is 5.76 Å². The van der Waals surface area contributed by atoms with E-state index in [0.717, 1.165) is 11.4 Å². The van der Waals surface area contributed by atoms with E-state index in [1.807, 2.05) is 38.1 Å². The van der Waals surface area contributed by atoms with Gasteiger partial charge in [0, 0.05) is 18.0 Å². The molecule has 0 fully saturated rings. The number of benzene rings is 1. The Labute approximate surface area is 106 Å². The fraction of sp³-hybridized carbons (Fsp3) is 0.133. The third kappa shape index (κ3) is 3.10. The van der Waals surface area contributed by atoms with Gasteiger partial charge in [-0.15, -0.1) is 0 Å². The Bertz CT molecular complexity index is 582. The van der Waals surface area contributed by atoms with Crippen LogP contribution in [0.1, 0.15) is 21.9 Å². The van der Waals surface area contributed by atoms with Gasteiger partial charge in [0.05, 0.1) is 0 Å². The number of hydrogen-bond acceptors (Lipinski definition) is 3. The Morgan fingerprint density at radius 2 is 2.06 bits per heavy atom. The Morgan fingerprint density at radius 1 is 1.22 bits per heavy atom. The Morgan fingerprint density at radius 3 is 2.72 bits per heavy atom. The van der Waals surface area contributed by atoms with Crippen molar-refractivity contribution in [2.75, 3.05) is 5.32 Å². The van der Waals surface area contributed by atoms with E-state index in [4.69, 9.17) is 4.42 Å². The lowest BCUT2D eigenvalue weighted by Crippen LogP contribution is -1.94. The summed E-state index contributed by atoms with van der Waals surface area (Å²) in [6.45, 7) is 3.83. The number of nitrogens with one attached hydrogen (secondary N) is 1. The average Bonchev–Trinajstić information content (AvgIpc) is 2.76. The summed E-state index contributed by atoms with van der Waals surface area (Å²) in [6.07, 6.45) is 3.08. The van der Waals surface area contributed by atoms with Crippen molar-refractivity contribution >= 4 is 11.5 Å². The minimum absolute atomic E-state index is 0.150. The predicted octanol–water partition coefficient (Wildman–Crippen LogP) is 3.70. The molecule has 1 heterocycles. The highest BCUT2D eigenvalue weighted by Crippen LogP contribution is 2.10. The van der Waals surface area contributed by atoms with E-state index in [1.54, 1.807) is 18.3 Å². The van der Waals surface area contributed by atoms with Crippen LogP contribution < -0.4 is 5.32 Å². The first kappa shape index (κ1) is 12.2. The smallest absolute Gasteiger partial charge is 0.222 e. The minimum Gasteiger partial charge on any atom is -0.458 e. The van der Waals surface area contributed by atoms with Crippen LogP contribution in [0.25, 0.3) is 0 Å². The first-order valence-corrected chi connectivity index (χ1v) is 5.76. The second kappa shape index (κ2) is 5.36. The van der Waals surface area contributed by atoms with Gasteiger partial charge in [-0.3, -0.25) is 4.79 Å². The molecule has 0 aliphatic carbocycles. The summed E-state index contributed by atoms with van der Waals surface area (Å²) in [5, 5.41) is 3.05. The van der Waals surface area contributed by atoms with Crippen LogP contribution in [0.3, 0.4) is 0 Å². The van der Waals surface area contributed by atoms with E-state index in [2.05, 4.69) is 5.32 Å². The highest BCUT2D eigenvalue weighted by molar-refractivity contribution is 6.02. The molecule has 3 heteroatoms. The van der Waals surface area contributed by atoms with E-state index < -0.39 is 0 Å². The fourth-order valence-corrected chi connectivity index (χ4v) is 1.60. The largest absolute Gasteiger partial charge is 0.458 e. The minimum atomic E-state index is -0.150. The standard InChI is InChI=1S/C15H15NO2/c1-11-4-3-5-13(10-11)16-9-8-14(17)15-7-6-12(2)18-15/h3-10,16H,1-2H3/b9-8+. The molecule has 0 unspecified atom stereocenters. The van der Waals surface area contributed by atoms with E-state index in [-0.39, 0.29) is 5.78 Å². The van der Waals surface area contributed by atoms with Gasteiger partial charge in [0.15, 0.2) is 5.76 Å². The van der Waals surface area contributed by atoms with Gasteiger partial charge in [-0.25, -0.2) is 0 Å². The SMILES string of the molecule is Cc1cccc(N/C=C/C(=O)c2ccc(C)o2)c1. The van der Waals surface area contributed by atoms with Crippen LogP contribution in [-0.2, 0) is 0 Å². The zero-order chi connectivity index (χ0) is 13.0. The number of carbonyl (C=O) groups excluding carboxylic acids is 1. The van der Waals surface area contributed by atoms with Crippen LogP contribution in [0.2, 0.25) is 0 Å². The van der Waals surface area contributed by atoms with Crippen molar-refractivity contribution in [3.8, 4) is 0 Å². The second-order valence-corrected chi connectivity index (χ2v) is 4.12. The van der Waals surface area contributed by atoms with Crippen molar-refractivity contribution in [1.29, 1.82) is 0 Å². The molecule has 0 aliphatic rings. The molecule has 2 rings (SSSR count). The van der Waals surface area contributed by atoms with Crippen molar-refractivity contribution in [1.82, 2.24) is 0 Å². The summed E-state index contributed by atoms with van der Waals surface area (Å²) in [4.78, 5) is 11.7. The quantitative estimate of drug-likeness (QED) is 0.655. The molecular weight excluding hydrogens is 226 g/mol. The van der Waals surface area contributed by atoms with Gasteiger partial charge in [-0.1, -0.05) is 12.1 Å². The number of aryl methyl sites for hydroxylation is 2. The molecule has 0 aliphatic heterocycles. The maximum absolute atomic E-state index is 11.7. The summed E-state index contributed by atoms with van der Waals surface area (Å²) >= 11 is 0. The molecule has 1 aromatic heterocycles. The average molecular weight is 241 g/mol. The van der Waals surface area contributed by atoms with Crippen molar-refractivity contribution in [3.63, 3.8) is 0 Å². The molecule has 3 nitrogen and oxygen atoms in total. The molecular formula is C15H15NO2. The molecule has 2 aromatic rings. The molecule has 0 saturated carbocycles. The number of allylic oxidation sites excluding steroid dienone is 1. The molecule has 18 heavy (non-hydrogen) atoms. The van der Waals surface area contributed by atoms with Crippen LogP contribution in [0, 0.1) is 13.8 Å². The number of hydrogen-bond donors (Lipinski definition) is 1. The Hall–Kier alpha value is -2.29. The molecule has 1 aromatic carbocycles. The lowest BCUT2D eigenvalue weighted by atomic mass is 10.2. The van der Waals surface area contributed by atoms with Crippen molar-refractivity contribution < 1.29 is 9.21 Å². The Kier molecular flexibility index (Phi) is 3.63. The van der Waals surface area contributed by atoms with E-state index in [9.17, 15) is 4.79 Å². The van der Waals surface area contributed by atoms with Gasteiger partial charge >= 0.3 is 0 Å². The normalized spacial score (nSPS) is 10.8. The second-order valence-electron chi connectivity index (χ2n) is 4.12. The molecule has 0 spiro atoms. The van der Waals surface area contributed by atoms with Gasteiger partial charge < -0.3 is 9.73 Å². The first-order chi connectivity index (χ1) is 8.65. The van der Waals surface area contributed by atoms with Gasteiger partial charge in [0.25, 0.3) is 0 Å². The number of anilines is 1. The summed E-state index contributed by atoms with van der Waals surface area (Å²) < 4.78 is 5.24. The fourth-order valence-electron chi connectivity index (χ4n) is 1.60. The summed E-state index contributed by atoms with van der Waals surface area (Å²) in [5.74, 6) is 0.941.